The van der Waals surface area contributed by atoms with Crippen molar-refractivity contribution in [1.29, 1.82) is 0 Å². The van der Waals surface area contributed by atoms with E-state index < -0.39 is 5.92 Å². The van der Waals surface area contributed by atoms with E-state index in [1.165, 1.54) is 11.1 Å². The molecule has 0 saturated heterocycles. The normalized spacial score (nSPS) is 16.1. The predicted molar refractivity (Wildman–Crippen MR) is 108 cm³/mol. The van der Waals surface area contributed by atoms with Crippen molar-refractivity contribution in [1.82, 2.24) is 14.9 Å². The van der Waals surface area contributed by atoms with Crippen LogP contribution in [0.2, 0.25) is 0 Å². The number of anilines is 2. The van der Waals surface area contributed by atoms with Crippen LogP contribution in [0, 0.1) is 5.92 Å². The van der Waals surface area contributed by atoms with Crippen LogP contribution in [0.15, 0.2) is 18.3 Å². The smallest absolute Gasteiger partial charge is 0.323 e. The summed E-state index contributed by atoms with van der Waals surface area (Å²) in [5.74, 6) is -0.444. The molecule has 0 radical (unpaired) electrons. The number of thiazole rings is 1. The molecule has 0 fully saturated rings. The molecule has 28 heavy (non-hydrogen) atoms. The highest BCUT2D eigenvalue weighted by Crippen LogP contribution is 2.33. The van der Waals surface area contributed by atoms with Crippen molar-refractivity contribution in [2.45, 2.75) is 19.3 Å². The van der Waals surface area contributed by atoms with Gasteiger partial charge >= 0.3 is 6.03 Å². The van der Waals surface area contributed by atoms with Crippen LogP contribution in [0.3, 0.4) is 0 Å². The summed E-state index contributed by atoms with van der Waals surface area (Å²) in [6.07, 6.45) is 3.29. The predicted octanol–water partition coefficient (Wildman–Crippen LogP) is 2.72. The molecule has 1 aliphatic rings. The van der Waals surface area contributed by atoms with Crippen LogP contribution in [-0.4, -0.2) is 60.7 Å². The van der Waals surface area contributed by atoms with Crippen LogP contribution in [0.1, 0.15) is 38.6 Å². The first-order chi connectivity index (χ1) is 13.3. The number of aryl methyl sites for hydroxylation is 1. The Balaban J connectivity index is 1.83. The first-order valence-electron chi connectivity index (χ1n) is 8.97. The number of fused-ring (bicyclic) bond motifs is 1. The monoisotopic (exact) mass is 401 g/mol. The molecule has 1 unspecified atom stereocenters. The maximum absolute atomic E-state index is 13.1. The molecule has 0 aliphatic heterocycles. The van der Waals surface area contributed by atoms with Gasteiger partial charge in [0.2, 0.25) is 0 Å². The maximum atomic E-state index is 13.1. The number of rotatable bonds is 4. The van der Waals surface area contributed by atoms with E-state index in [0.29, 0.717) is 40.5 Å². The molecular weight excluding hydrogens is 378 g/mol. The molecule has 0 bridgehead atoms. The fourth-order valence-corrected chi connectivity index (χ4v) is 3.98. The molecule has 2 aromatic rings. The SMILES string of the molecule is CN(C)C(=O)Nc1nc2c(s1)C(=O)C(C(=O)c1ccc(N(C)C)nc1)CCC2. The summed E-state index contributed by atoms with van der Waals surface area (Å²) >= 11 is 1.13. The van der Waals surface area contributed by atoms with Gasteiger partial charge in [0.1, 0.15) is 5.82 Å². The van der Waals surface area contributed by atoms with Gasteiger partial charge in [-0.15, -0.1) is 0 Å². The van der Waals surface area contributed by atoms with Crippen molar-refractivity contribution >= 4 is 39.9 Å². The number of carbonyl (C=O) groups excluding carboxylic acids is 3. The van der Waals surface area contributed by atoms with Gasteiger partial charge in [0.15, 0.2) is 16.7 Å². The fraction of sp³-hybridized carbons (Fsp3) is 0.421. The molecule has 3 rings (SSSR count). The Kier molecular flexibility index (Phi) is 5.73. The lowest BCUT2D eigenvalue weighted by Crippen LogP contribution is -2.27. The van der Waals surface area contributed by atoms with Crippen LogP contribution < -0.4 is 10.2 Å². The average molecular weight is 401 g/mol. The minimum atomic E-state index is -0.744. The number of nitrogens with one attached hydrogen (secondary N) is 1. The number of nitrogens with zero attached hydrogens (tertiary/aromatic N) is 4. The van der Waals surface area contributed by atoms with Gasteiger partial charge in [-0.05, 0) is 31.4 Å². The Morgan fingerprint density at radius 2 is 1.96 bits per heavy atom. The van der Waals surface area contributed by atoms with Crippen LogP contribution in [-0.2, 0) is 6.42 Å². The van der Waals surface area contributed by atoms with Crippen molar-refractivity contribution in [3.05, 3.63) is 34.5 Å². The average Bonchev–Trinajstić information content (AvgIpc) is 3.00. The molecule has 8 nitrogen and oxygen atoms in total. The van der Waals surface area contributed by atoms with Crippen molar-refractivity contribution < 1.29 is 14.4 Å². The van der Waals surface area contributed by atoms with Crippen LogP contribution in [0.5, 0.6) is 0 Å². The van der Waals surface area contributed by atoms with E-state index in [9.17, 15) is 14.4 Å². The number of Topliss-reactive ketones (excluding diaryl/α,β-unsaturated/α-hetero) is 2. The number of aromatic nitrogens is 2. The molecule has 148 valence electrons. The fourth-order valence-electron chi connectivity index (χ4n) is 2.98. The standard InChI is InChI=1S/C19H23N5O3S/c1-23(2)14-9-8-11(10-20-14)15(25)12-6-5-7-13-17(16(12)26)28-18(21-13)22-19(27)24(3)4/h8-10,12H,5-7H2,1-4H3,(H,21,22,27). The first-order valence-corrected chi connectivity index (χ1v) is 9.79. The molecule has 0 saturated carbocycles. The Morgan fingerprint density at radius 1 is 1.21 bits per heavy atom. The largest absolute Gasteiger partial charge is 0.363 e. The summed E-state index contributed by atoms with van der Waals surface area (Å²) in [6, 6.07) is 3.16. The summed E-state index contributed by atoms with van der Waals surface area (Å²) in [4.78, 5) is 50.2. The summed E-state index contributed by atoms with van der Waals surface area (Å²) in [6.45, 7) is 0. The third-order valence-corrected chi connectivity index (χ3v) is 5.60. The summed E-state index contributed by atoms with van der Waals surface area (Å²) in [5, 5.41) is 3.05. The number of amides is 2. The van der Waals surface area contributed by atoms with Crippen molar-refractivity contribution in [2.24, 2.45) is 5.92 Å². The van der Waals surface area contributed by atoms with Gasteiger partial charge in [-0.25, -0.2) is 14.8 Å². The summed E-state index contributed by atoms with van der Waals surface area (Å²) in [7, 11) is 7.00. The van der Waals surface area contributed by atoms with Gasteiger partial charge in [0.25, 0.3) is 0 Å². The van der Waals surface area contributed by atoms with E-state index in [-0.39, 0.29) is 17.6 Å². The van der Waals surface area contributed by atoms with Crippen molar-refractivity contribution in [2.75, 3.05) is 38.4 Å². The highest BCUT2D eigenvalue weighted by atomic mass is 32.1. The molecule has 0 spiro atoms. The molecule has 1 N–H and O–H groups in total. The first kappa shape index (κ1) is 19.9. The Bertz CT molecular complexity index is 905. The second-order valence-corrected chi connectivity index (χ2v) is 8.09. The Labute approximate surface area is 167 Å². The number of ketones is 2. The quantitative estimate of drug-likeness (QED) is 0.481. The lowest BCUT2D eigenvalue weighted by Gasteiger charge is -2.14. The van der Waals surface area contributed by atoms with E-state index in [1.807, 2.05) is 19.0 Å². The lowest BCUT2D eigenvalue weighted by molar-refractivity contribution is 0.0803. The second kappa shape index (κ2) is 8.05. The number of pyridine rings is 1. The van der Waals surface area contributed by atoms with Gasteiger partial charge < -0.3 is 9.80 Å². The molecular formula is C19H23N5O3S. The van der Waals surface area contributed by atoms with Gasteiger partial charge in [-0.2, -0.15) is 0 Å². The minimum Gasteiger partial charge on any atom is -0.363 e. The molecule has 9 heteroatoms. The van der Waals surface area contributed by atoms with Crippen molar-refractivity contribution in [3.8, 4) is 0 Å². The van der Waals surface area contributed by atoms with E-state index in [1.54, 1.807) is 26.2 Å². The number of urea groups is 1. The Morgan fingerprint density at radius 3 is 2.57 bits per heavy atom. The van der Waals surface area contributed by atoms with Gasteiger partial charge in [-0.3, -0.25) is 14.9 Å². The molecule has 1 aliphatic carbocycles. The van der Waals surface area contributed by atoms with Gasteiger partial charge in [0, 0.05) is 40.0 Å². The molecule has 2 amide bonds. The summed E-state index contributed by atoms with van der Waals surface area (Å²) in [5.41, 5.74) is 1.08. The van der Waals surface area contributed by atoms with E-state index in [0.717, 1.165) is 17.2 Å². The highest BCUT2D eigenvalue weighted by Gasteiger charge is 2.34. The maximum Gasteiger partial charge on any atom is 0.323 e. The number of hydrogen-bond acceptors (Lipinski definition) is 7. The van der Waals surface area contributed by atoms with Gasteiger partial charge in [0.05, 0.1) is 16.5 Å². The van der Waals surface area contributed by atoms with E-state index in [2.05, 4.69) is 15.3 Å². The Hall–Kier alpha value is -2.81. The topological polar surface area (TPSA) is 95.5 Å². The number of carbonyl (C=O) groups is 3. The van der Waals surface area contributed by atoms with E-state index in [4.69, 9.17) is 0 Å². The van der Waals surface area contributed by atoms with Crippen LogP contribution in [0.4, 0.5) is 15.7 Å². The van der Waals surface area contributed by atoms with Gasteiger partial charge in [-0.1, -0.05) is 11.3 Å². The molecule has 2 aromatic heterocycles. The van der Waals surface area contributed by atoms with Crippen LogP contribution in [0.25, 0.3) is 0 Å². The third-order valence-electron chi connectivity index (χ3n) is 4.57. The lowest BCUT2D eigenvalue weighted by atomic mass is 9.91. The minimum absolute atomic E-state index is 0.220. The zero-order valence-corrected chi connectivity index (χ0v) is 17.2. The third kappa shape index (κ3) is 4.04. The van der Waals surface area contributed by atoms with Crippen molar-refractivity contribution in [3.63, 3.8) is 0 Å². The zero-order chi connectivity index (χ0) is 20.4. The van der Waals surface area contributed by atoms with E-state index >= 15 is 0 Å². The molecule has 0 aromatic carbocycles. The highest BCUT2D eigenvalue weighted by molar-refractivity contribution is 7.17. The zero-order valence-electron chi connectivity index (χ0n) is 16.4. The molecule has 1 atom stereocenters. The summed E-state index contributed by atoms with van der Waals surface area (Å²) < 4.78 is 0. The second-order valence-electron chi connectivity index (χ2n) is 7.09. The number of hydrogen-bond donors (Lipinski definition) is 1. The van der Waals surface area contributed by atoms with Crippen LogP contribution >= 0.6 is 11.3 Å². The molecule has 2 heterocycles.